The number of anilines is 1. The maximum Gasteiger partial charge on any atom is 0.304 e. The van der Waals surface area contributed by atoms with Crippen LogP contribution in [0, 0.1) is 5.82 Å². The van der Waals surface area contributed by atoms with Crippen LogP contribution < -0.4 is 9.64 Å². The molecule has 35 heavy (non-hydrogen) atoms. The minimum Gasteiger partial charge on any atom is -0.468 e. The molecule has 3 aromatic rings. The van der Waals surface area contributed by atoms with E-state index in [0.717, 1.165) is 58.5 Å². The van der Waals surface area contributed by atoms with E-state index in [1.807, 2.05) is 18.2 Å². The molecule has 1 aromatic heterocycles. The summed E-state index contributed by atoms with van der Waals surface area (Å²) >= 11 is 0. The molecule has 2 aliphatic rings. The number of methoxy groups -OCH3 is 1. The number of benzene rings is 2. The van der Waals surface area contributed by atoms with Crippen LogP contribution in [0.3, 0.4) is 0 Å². The Labute approximate surface area is 206 Å². The third-order valence-electron chi connectivity index (χ3n) is 7.29. The average Bonchev–Trinajstić information content (AvgIpc) is 3.22. The fourth-order valence-electron chi connectivity index (χ4n) is 5.27. The number of likely N-dealkylation sites (N-methyl/N-ethyl adjacent to an activating group) is 1. The van der Waals surface area contributed by atoms with E-state index in [0.29, 0.717) is 29.2 Å². The lowest BCUT2D eigenvalue weighted by molar-refractivity contribution is 0.0487. The van der Waals surface area contributed by atoms with Crippen molar-refractivity contribution in [2.75, 3.05) is 58.3 Å². The Hall–Kier alpha value is -2.97. The first-order valence-corrected chi connectivity index (χ1v) is 12.5. The highest BCUT2D eigenvalue weighted by Gasteiger charge is 2.32. The molecule has 186 valence electrons. The number of imidazole rings is 1. The molecule has 0 saturated carbocycles. The molecule has 0 amide bonds. The molecule has 0 radical (unpaired) electrons. The van der Waals surface area contributed by atoms with Crippen LogP contribution in [0.1, 0.15) is 29.6 Å². The summed E-state index contributed by atoms with van der Waals surface area (Å²) < 4.78 is 22.0. The zero-order chi connectivity index (χ0) is 24.4. The van der Waals surface area contributed by atoms with E-state index < -0.39 is 0 Å². The molecule has 0 spiro atoms. The summed E-state index contributed by atoms with van der Waals surface area (Å²) in [6, 6.07) is 14.3. The lowest BCUT2D eigenvalue weighted by Gasteiger charge is -2.47. The molecule has 2 aromatic carbocycles. The van der Waals surface area contributed by atoms with E-state index >= 15 is 4.39 Å². The van der Waals surface area contributed by atoms with Gasteiger partial charge >= 0.3 is 6.01 Å². The van der Waals surface area contributed by atoms with E-state index in [1.54, 1.807) is 6.07 Å². The minimum absolute atomic E-state index is 0.0751. The molecule has 2 fully saturated rings. The summed E-state index contributed by atoms with van der Waals surface area (Å²) in [6.45, 7) is 5.57. The maximum atomic E-state index is 15.1. The summed E-state index contributed by atoms with van der Waals surface area (Å²) in [5.41, 5.74) is 2.85. The van der Waals surface area contributed by atoms with Gasteiger partial charge in [-0.05, 0) is 37.9 Å². The highest BCUT2D eigenvalue weighted by Crippen LogP contribution is 2.30. The molecule has 8 heteroatoms. The van der Waals surface area contributed by atoms with Crippen LogP contribution in [0.4, 0.5) is 10.1 Å². The van der Waals surface area contributed by atoms with Crippen LogP contribution in [-0.4, -0.2) is 84.7 Å². The Morgan fingerprint density at radius 1 is 1.09 bits per heavy atom. The van der Waals surface area contributed by atoms with Crippen molar-refractivity contribution in [1.29, 1.82) is 0 Å². The molecule has 0 N–H and O–H groups in total. The quantitative estimate of drug-likeness (QED) is 0.460. The molecule has 0 bridgehead atoms. The van der Waals surface area contributed by atoms with Gasteiger partial charge in [0, 0.05) is 57.8 Å². The van der Waals surface area contributed by atoms with Crippen LogP contribution in [0.25, 0.3) is 11.0 Å². The van der Waals surface area contributed by atoms with Gasteiger partial charge in [0.25, 0.3) is 0 Å². The summed E-state index contributed by atoms with van der Waals surface area (Å²) in [5.74, 6) is -0.383. The molecule has 0 unspecified atom stereocenters. The molecular formula is C27H34FN5O2. The van der Waals surface area contributed by atoms with Crippen LogP contribution in [0.15, 0.2) is 42.5 Å². The van der Waals surface area contributed by atoms with Crippen molar-refractivity contribution < 1.29 is 13.9 Å². The molecule has 3 heterocycles. The molecule has 0 aliphatic carbocycles. The number of hydrogen-bond donors (Lipinski definition) is 0. The number of aryl methyl sites for hydroxylation is 1. The highest BCUT2D eigenvalue weighted by molar-refractivity contribution is 5.93. The third-order valence-corrected chi connectivity index (χ3v) is 7.29. The Kier molecular flexibility index (Phi) is 7.02. The monoisotopic (exact) mass is 479 g/mol. The topological polar surface area (TPSA) is 53.8 Å². The summed E-state index contributed by atoms with van der Waals surface area (Å²) in [6.07, 6.45) is 3.01. The molecule has 7 nitrogen and oxygen atoms in total. The largest absolute Gasteiger partial charge is 0.468 e. The molecule has 0 atom stereocenters. The number of likely N-dealkylation sites (tertiary alicyclic amines) is 1. The molecule has 2 aliphatic heterocycles. The van der Waals surface area contributed by atoms with Gasteiger partial charge in [-0.1, -0.05) is 30.3 Å². The standard InChI is InChI=1S/C27H34FN5O2/c1-30-18-21(19-30)31-12-14-32(15-13-31)24-17-25-23(16-22(24)28)29-27(35-2)33(25)26(34)11-7-6-10-20-8-4-3-5-9-20/h3-5,8-9,16-17,21H,6-7,10-15,18-19H2,1-2H3. The van der Waals surface area contributed by atoms with Crippen molar-refractivity contribution >= 4 is 22.6 Å². The van der Waals surface area contributed by atoms with Gasteiger partial charge < -0.3 is 14.5 Å². The Balaban J connectivity index is 1.29. The van der Waals surface area contributed by atoms with Crippen molar-refractivity contribution in [3.8, 4) is 6.01 Å². The number of halogens is 1. The van der Waals surface area contributed by atoms with Gasteiger partial charge in [0.1, 0.15) is 5.82 Å². The normalized spacial score (nSPS) is 17.6. The zero-order valence-electron chi connectivity index (χ0n) is 20.6. The number of nitrogens with zero attached hydrogens (tertiary/aromatic N) is 5. The second-order valence-electron chi connectivity index (χ2n) is 9.71. The number of carbonyl (C=O) groups excluding carboxylic acids is 1. The van der Waals surface area contributed by atoms with Crippen LogP contribution in [-0.2, 0) is 6.42 Å². The highest BCUT2D eigenvalue weighted by atomic mass is 19.1. The fourth-order valence-corrected chi connectivity index (χ4v) is 5.27. The van der Waals surface area contributed by atoms with Crippen molar-refractivity contribution in [2.24, 2.45) is 0 Å². The average molecular weight is 480 g/mol. The number of fused-ring (bicyclic) bond motifs is 1. The van der Waals surface area contributed by atoms with Gasteiger partial charge in [-0.2, -0.15) is 4.98 Å². The van der Waals surface area contributed by atoms with Gasteiger partial charge in [-0.15, -0.1) is 0 Å². The number of hydrogen-bond acceptors (Lipinski definition) is 6. The first-order chi connectivity index (χ1) is 17.0. The Morgan fingerprint density at radius 3 is 2.51 bits per heavy atom. The second-order valence-corrected chi connectivity index (χ2v) is 9.71. The van der Waals surface area contributed by atoms with Crippen LogP contribution >= 0.6 is 0 Å². The van der Waals surface area contributed by atoms with Crippen molar-refractivity contribution in [3.05, 3.63) is 53.8 Å². The number of unbranched alkanes of at least 4 members (excludes halogenated alkanes) is 1. The first kappa shape index (κ1) is 23.8. The van der Waals surface area contributed by atoms with Crippen molar-refractivity contribution in [2.45, 2.75) is 31.7 Å². The van der Waals surface area contributed by atoms with Gasteiger partial charge in [0.05, 0.1) is 23.8 Å². The van der Waals surface area contributed by atoms with Crippen LogP contribution in [0.2, 0.25) is 0 Å². The third kappa shape index (κ3) is 5.04. The van der Waals surface area contributed by atoms with E-state index in [9.17, 15) is 4.79 Å². The predicted octanol–water partition coefficient (Wildman–Crippen LogP) is 3.67. The van der Waals surface area contributed by atoms with Crippen molar-refractivity contribution in [1.82, 2.24) is 19.4 Å². The van der Waals surface area contributed by atoms with E-state index in [2.05, 4.69) is 38.9 Å². The van der Waals surface area contributed by atoms with Gasteiger partial charge in [0.2, 0.25) is 5.91 Å². The zero-order valence-corrected chi connectivity index (χ0v) is 20.6. The number of rotatable bonds is 8. The predicted molar refractivity (Wildman–Crippen MR) is 136 cm³/mol. The number of ether oxygens (including phenoxy) is 1. The number of piperazine rings is 1. The minimum atomic E-state index is -0.308. The molecule has 5 rings (SSSR count). The van der Waals surface area contributed by atoms with Crippen LogP contribution in [0.5, 0.6) is 6.01 Å². The summed E-state index contributed by atoms with van der Waals surface area (Å²) in [5, 5.41) is 0. The van der Waals surface area contributed by atoms with Gasteiger partial charge in [-0.3, -0.25) is 9.69 Å². The molecule has 2 saturated heterocycles. The Morgan fingerprint density at radius 2 is 1.83 bits per heavy atom. The lowest BCUT2D eigenvalue weighted by atomic mass is 10.1. The SMILES string of the molecule is COc1nc2cc(F)c(N3CCN(C4CN(C)C4)CC3)cc2n1C(=O)CCCCc1ccccc1. The smallest absolute Gasteiger partial charge is 0.304 e. The maximum absolute atomic E-state index is 15.1. The van der Waals surface area contributed by atoms with Gasteiger partial charge in [0.15, 0.2) is 0 Å². The van der Waals surface area contributed by atoms with E-state index in [4.69, 9.17) is 4.74 Å². The second kappa shape index (κ2) is 10.3. The summed E-state index contributed by atoms with van der Waals surface area (Å²) in [4.78, 5) is 24.5. The molecular weight excluding hydrogens is 445 g/mol. The fraction of sp³-hybridized carbons (Fsp3) is 0.481. The number of carbonyl (C=O) groups is 1. The number of aromatic nitrogens is 2. The van der Waals surface area contributed by atoms with Gasteiger partial charge in [-0.25, -0.2) is 8.96 Å². The Bertz CT molecular complexity index is 1170. The van der Waals surface area contributed by atoms with E-state index in [-0.39, 0.29) is 17.7 Å². The first-order valence-electron chi connectivity index (χ1n) is 12.5. The van der Waals surface area contributed by atoms with Crippen molar-refractivity contribution in [3.63, 3.8) is 0 Å². The lowest BCUT2D eigenvalue weighted by Crippen LogP contribution is -2.62. The summed E-state index contributed by atoms with van der Waals surface area (Å²) in [7, 11) is 3.63. The van der Waals surface area contributed by atoms with E-state index in [1.165, 1.54) is 23.3 Å².